The van der Waals surface area contributed by atoms with Gasteiger partial charge in [-0.3, -0.25) is 4.72 Å². The highest BCUT2D eigenvalue weighted by molar-refractivity contribution is 7.92. The van der Waals surface area contributed by atoms with Gasteiger partial charge in [-0.1, -0.05) is 48.0 Å². The van der Waals surface area contributed by atoms with Gasteiger partial charge in [0.1, 0.15) is 0 Å². The monoisotopic (exact) mass is 477 g/mol. The number of nitrogens with one attached hydrogen (secondary N) is 1. The molecule has 3 nitrogen and oxygen atoms in total. The van der Waals surface area contributed by atoms with Gasteiger partial charge in [0.25, 0.3) is 10.0 Å². The van der Waals surface area contributed by atoms with Gasteiger partial charge >= 0.3 is 0 Å². The van der Waals surface area contributed by atoms with Crippen LogP contribution in [0.1, 0.15) is 27.1 Å². The van der Waals surface area contributed by atoms with Crippen LogP contribution < -0.4 is 4.72 Å². The Hall–Kier alpha value is -2.86. The van der Waals surface area contributed by atoms with Crippen LogP contribution in [0.5, 0.6) is 0 Å². The number of rotatable bonds is 4. The van der Waals surface area contributed by atoms with Crippen molar-refractivity contribution in [3.63, 3.8) is 0 Å². The van der Waals surface area contributed by atoms with Gasteiger partial charge < -0.3 is 0 Å². The highest BCUT2D eigenvalue weighted by Crippen LogP contribution is 2.38. The van der Waals surface area contributed by atoms with E-state index in [0.29, 0.717) is 5.69 Å². The van der Waals surface area contributed by atoms with E-state index in [0.717, 1.165) is 29.0 Å². The fraction of sp³-hybridized carbons (Fsp3) is 0.0769. The predicted octanol–water partition coefficient (Wildman–Crippen LogP) is 6.89. The molecule has 1 aromatic heterocycles. The van der Waals surface area contributed by atoms with Crippen molar-refractivity contribution in [2.75, 3.05) is 4.72 Å². The highest BCUT2D eigenvalue weighted by Gasteiger charge is 2.20. The molecule has 0 spiro atoms. The van der Waals surface area contributed by atoms with Crippen molar-refractivity contribution >= 4 is 50.3 Å². The zero-order valence-corrected chi connectivity index (χ0v) is 19.5. The lowest BCUT2D eigenvalue weighted by Gasteiger charge is -2.12. The van der Waals surface area contributed by atoms with Crippen molar-refractivity contribution in [1.29, 1.82) is 0 Å². The van der Waals surface area contributed by atoms with E-state index in [2.05, 4.69) is 28.3 Å². The Bertz CT molecular complexity index is 1420. The molecule has 0 radical (unpaired) electrons. The topological polar surface area (TPSA) is 46.2 Å². The lowest BCUT2D eigenvalue weighted by atomic mass is 9.94. The molecule has 5 rings (SSSR count). The predicted molar refractivity (Wildman–Crippen MR) is 134 cm³/mol. The zero-order valence-electron chi connectivity index (χ0n) is 17.1. The van der Waals surface area contributed by atoms with Crippen LogP contribution in [0.15, 0.2) is 89.1 Å². The third-order valence-corrected chi connectivity index (χ3v) is 8.13. The summed E-state index contributed by atoms with van der Waals surface area (Å²) in [6.07, 6.45) is 4.05. The minimum absolute atomic E-state index is 0.237. The fourth-order valence-electron chi connectivity index (χ4n) is 4.03. The average Bonchev–Trinajstić information content (AvgIpc) is 3.20. The second-order valence-corrected chi connectivity index (χ2v) is 10.8. The molecule has 1 N–H and O–H groups in total. The van der Waals surface area contributed by atoms with E-state index in [-0.39, 0.29) is 4.90 Å². The molecule has 0 fully saturated rings. The maximum Gasteiger partial charge on any atom is 0.261 e. The Morgan fingerprint density at radius 3 is 2.56 bits per heavy atom. The Morgan fingerprint density at radius 1 is 0.875 bits per heavy atom. The molecular formula is C26H20ClNO2S2. The molecule has 1 aliphatic carbocycles. The molecule has 0 bridgehead atoms. The molecule has 1 aliphatic rings. The van der Waals surface area contributed by atoms with Gasteiger partial charge in [0, 0.05) is 15.6 Å². The van der Waals surface area contributed by atoms with Gasteiger partial charge in [-0.2, -0.15) is 0 Å². The Balaban J connectivity index is 1.56. The maximum absolute atomic E-state index is 12.7. The van der Waals surface area contributed by atoms with Crippen molar-refractivity contribution in [3.8, 4) is 0 Å². The number of thiophene rings is 1. The van der Waals surface area contributed by atoms with Gasteiger partial charge in [0.2, 0.25) is 0 Å². The number of hydrogen-bond donors (Lipinski definition) is 1. The quantitative estimate of drug-likeness (QED) is 0.348. The molecule has 4 aromatic rings. The SMILES string of the molecule is O=S(=O)(Nc1cccc(/C=C2\c3ccc(Cl)cc3CCc3sccc32)c1)c1ccccc1. The maximum atomic E-state index is 12.7. The number of sulfonamides is 1. The number of benzene rings is 3. The molecule has 0 aliphatic heterocycles. The summed E-state index contributed by atoms with van der Waals surface area (Å²) in [6, 6.07) is 24.1. The fourth-order valence-corrected chi connectivity index (χ4v) is 6.19. The van der Waals surface area contributed by atoms with Crippen LogP contribution in [-0.4, -0.2) is 8.42 Å². The van der Waals surface area contributed by atoms with Crippen LogP contribution in [-0.2, 0) is 22.9 Å². The Morgan fingerprint density at radius 2 is 1.72 bits per heavy atom. The van der Waals surface area contributed by atoms with Crippen LogP contribution in [0.3, 0.4) is 0 Å². The minimum Gasteiger partial charge on any atom is -0.280 e. The zero-order chi connectivity index (χ0) is 22.1. The van der Waals surface area contributed by atoms with E-state index in [1.807, 2.05) is 30.3 Å². The first-order chi connectivity index (χ1) is 15.5. The third kappa shape index (κ3) is 4.24. The Kier molecular flexibility index (Phi) is 5.64. The molecule has 0 atom stereocenters. The van der Waals surface area contributed by atoms with Crippen LogP contribution in [0.4, 0.5) is 5.69 Å². The lowest BCUT2D eigenvalue weighted by Crippen LogP contribution is -2.12. The molecule has 0 saturated carbocycles. The molecule has 6 heteroatoms. The van der Waals surface area contributed by atoms with E-state index < -0.39 is 10.0 Å². The summed E-state index contributed by atoms with van der Waals surface area (Å²) in [6.45, 7) is 0. The Labute approximate surface area is 197 Å². The molecule has 32 heavy (non-hydrogen) atoms. The van der Waals surface area contributed by atoms with Crippen molar-refractivity contribution in [1.82, 2.24) is 0 Å². The van der Waals surface area contributed by atoms with E-state index in [1.54, 1.807) is 47.7 Å². The van der Waals surface area contributed by atoms with Crippen LogP contribution in [0.25, 0.3) is 11.6 Å². The summed E-state index contributed by atoms with van der Waals surface area (Å²) in [4.78, 5) is 1.59. The normalized spacial score (nSPS) is 14.5. The van der Waals surface area contributed by atoms with E-state index in [4.69, 9.17) is 11.6 Å². The van der Waals surface area contributed by atoms with Crippen LogP contribution >= 0.6 is 22.9 Å². The molecule has 3 aromatic carbocycles. The van der Waals surface area contributed by atoms with Crippen molar-refractivity contribution in [2.24, 2.45) is 0 Å². The minimum atomic E-state index is -3.65. The van der Waals surface area contributed by atoms with Crippen molar-refractivity contribution in [3.05, 3.63) is 116 Å². The summed E-state index contributed by atoms with van der Waals surface area (Å²) in [7, 11) is -3.65. The molecule has 0 saturated heterocycles. The molecule has 160 valence electrons. The molecule has 0 amide bonds. The average molecular weight is 478 g/mol. The largest absolute Gasteiger partial charge is 0.280 e. The lowest BCUT2D eigenvalue weighted by molar-refractivity contribution is 0.601. The third-order valence-electron chi connectivity index (χ3n) is 5.52. The van der Waals surface area contributed by atoms with Crippen molar-refractivity contribution < 1.29 is 8.42 Å². The molecule has 0 unspecified atom stereocenters. The van der Waals surface area contributed by atoms with Crippen molar-refractivity contribution in [2.45, 2.75) is 17.7 Å². The first-order valence-corrected chi connectivity index (χ1v) is 13.0. The number of halogens is 1. The van der Waals surface area contributed by atoms with E-state index in [1.165, 1.54) is 21.6 Å². The number of hydrogen-bond acceptors (Lipinski definition) is 3. The second kappa shape index (κ2) is 8.58. The van der Waals surface area contributed by atoms with E-state index in [9.17, 15) is 8.42 Å². The van der Waals surface area contributed by atoms with E-state index >= 15 is 0 Å². The van der Waals surface area contributed by atoms with Crippen LogP contribution in [0.2, 0.25) is 5.02 Å². The second-order valence-electron chi connectivity index (χ2n) is 7.66. The summed E-state index contributed by atoms with van der Waals surface area (Å²) >= 11 is 8.04. The molecule has 1 heterocycles. The summed E-state index contributed by atoms with van der Waals surface area (Å²) < 4.78 is 28.2. The summed E-state index contributed by atoms with van der Waals surface area (Å²) in [5.41, 5.74) is 6.21. The number of fused-ring (bicyclic) bond motifs is 2. The van der Waals surface area contributed by atoms with Gasteiger partial charge in [0.05, 0.1) is 4.90 Å². The van der Waals surface area contributed by atoms with Crippen LogP contribution in [0, 0.1) is 0 Å². The number of aryl methyl sites for hydroxylation is 2. The summed E-state index contributed by atoms with van der Waals surface area (Å²) in [5, 5.41) is 2.87. The summed E-state index contributed by atoms with van der Waals surface area (Å²) in [5.74, 6) is 0. The highest BCUT2D eigenvalue weighted by atomic mass is 35.5. The molecular weight excluding hydrogens is 458 g/mol. The van der Waals surface area contributed by atoms with Gasteiger partial charge in [-0.25, -0.2) is 8.42 Å². The standard InChI is InChI=1S/C26H20ClNO2S2/c27-20-10-11-23-19(17-20)9-12-26-24(13-14-31-26)25(23)16-18-5-4-6-21(15-18)28-32(29,30)22-7-2-1-3-8-22/h1-8,10-11,13-17,28H,9,12H2/b25-16+. The first-order valence-electron chi connectivity index (χ1n) is 10.2. The first kappa shape index (κ1) is 21.0. The van der Waals surface area contributed by atoms with Gasteiger partial charge in [-0.05, 0) is 94.6 Å². The smallest absolute Gasteiger partial charge is 0.261 e. The number of anilines is 1. The van der Waals surface area contributed by atoms with Gasteiger partial charge in [-0.15, -0.1) is 11.3 Å². The van der Waals surface area contributed by atoms with Gasteiger partial charge in [0.15, 0.2) is 0 Å².